The van der Waals surface area contributed by atoms with Crippen LogP contribution in [0.4, 0.5) is 4.39 Å². The Morgan fingerprint density at radius 3 is 2.61 bits per heavy atom. The number of hydrogen-bond acceptors (Lipinski definition) is 4. The van der Waals surface area contributed by atoms with Crippen molar-refractivity contribution in [2.75, 3.05) is 6.54 Å². The van der Waals surface area contributed by atoms with Crippen LogP contribution < -0.4 is 5.32 Å². The van der Waals surface area contributed by atoms with Gasteiger partial charge < -0.3 is 14.8 Å². The summed E-state index contributed by atoms with van der Waals surface area (Å²) in [6.45, 7) is 10.8. The molecule has 1 saturated heterocycles. The number of fused-ring (bicyclic) bond motifs is 1. The maximum Gasteiger partial charge on any atom is 0.222 e. The first kappa shape index (κ1) is 27.9. The largest absolute Gasteiger partial charge is 0.356 e. The summed E-state index contributed by atoms with van der Waals surface area (Å²) in [7, 11) is 0. The number of amides is 1. The highest BCUT2D eigenvalue weighted by atomic mass is 19.1. The Labute approximate surface area is 225 Å². The minimum absolute atomic E-state index is 0.00305. The van der Waals surface area contributed by atoms with Gasteiger partial charge in [0.05, 0.1) is 29.8 Å². The molecule has 0 spiro atoms. The zero-order chi connectivity index (χ0) is 27.3. The van der Waals surface area contributed by atoms with Crippen molar-refractivity contribution in [2.24, 2.45) is 0 Å². The normalized spacial score (nSPS) is 19.3. The van der Waals surface area contributed by atoms with Crippen LogP contribution in [-0.4, -0.2) is 35.4 Å². The number of carbonyl (C=O) groups excluding carboxylic acids is 1. The van der Waals surface area contributed by atoms with Crippen LogP contribution in [0, 0.1) is 5.82 Å². The fourth-order valence-corrected chi connectivity index (χ4v) is 5.06. The average molecular weight is 519 g/mol. The molecule has 6 heteroatoms. The second-order valence-electron chi connectivity index (χ2n) is 10.8. The molecule has 2 heterocycles. The number of ether oxygens (including phenoxy) is 2. The zero-order valence-electron chi connectivity index (χ0n) is 23.1. The Balaban J connectivity index is 1.69. The van der Waals surface area contributed by atoms with Crippen molar-refractivity contribution >= 4 is 22.9 Å². The molecule has 0 unspecified atom stereocenters. The smallest absolute Gasteiger partial charge is 0.222 e. The fraction of sp³-hybridized carbons (Fsp3) is 0.438. The molecule has 4 rings (SSSR count). The van der Waals surface area contributed by atoms with E-state index in [-0.39, 0.29) is 29.9 Å². The SMILES string of the molecule is CCCCNC(=O)C[C@H]1C[C@@H](/C=C/c2c(C(C)C)nc3ccccc3c2-c2ccc(F)cc2)OC(C)(C)O1. The van der Waals surface area contributed by atoms with E-state index in [1.54, 1.807) is 0 Å². The summed E-state index contributed by atoms with van der Waals surface area (Å²) in [5.41, 5.74) is 4.82. The van der Waals surface area contributed by atoms with Crippen molar-refractivity contribution in [1.82, 2.24) is 10.3 Å². The van der Waals surface area contributed by atoms with Crippen molar-refractivity contribution in [3.05, 3.63) is 71.7 Å². The number of hydrogen-bond donors (Lipinski definition) is 1. The molecule has 1 N–H and O–H groups in total. The van der Waals surface area contributed by atoms with Crippen molar-refractivity contribution in [1.29, 1.82) is 0 Å². The van der Waals surface area contributed by atoms with Gasteiger partial charge in [0, 0.05) is 29.5 Å². The molecule has 0 radical (unpaired) electrons. The van der Waals surface area contributed by atoms with Crippen LogP contribution in [0.1, 0.15) is 77.5 Å². The summed E-state index contributed by atoms with van der Waals surface area (Å²) in [6.07, 6.45) is 6.53. The molecule has 1 aromatic heterocycles. The van der Waals surface area contributed by atoms with E-state index in [0.717, 1.165) is 46.1 Å². The van der Waals surface area contributed by atoms with Gasteiger partial charge in [-0.05, 0) is 49.9 Å². The minimum atomic E-state index is -0.816. The predicted octanol–water partition coefficient (Wildman–Crippen LogP) is 7.39. The molecule has 0 aliphatic carbocycles. The fourth-order valence-electron chi connectivity index (χ4n) is 5.06. The molecule has 1 amide bonds. The zero-order valence-corrected chi connectivity index (χ0v) is 23.1. The van der Waals surface area contributed by atoms with Gasteiger partial charge in [0.1, 0.15) is 5.82 Å². The van der Waals surface area contributed by atoms with Crippen molar-refractivity contribution in [3.8, 4) is 11.1 Å². The van der Waals surface area contributed by atoms with Crippen LogP contribution in [0.25, 0.3) is 28.1 Å². The lowest BCUT2D eigenvalue weighted by atomic mass is 9.90. The summed E-state index contributed by atoms with van der Waals surface area (Å²) in [6, 6.07) is 14.7. The number of nitrogens with one attached hydrogen (secondary N) is 1. The molecule has 2 aromatic carbocycles. The van der Waals surface area contributed by atoms with E-state index in [4.69, 9.17) is 14.5 Å². The molecule has 1 aliphatic heterocycles. The highest BCUT2D eigenvalue weighted by Gasteiger charge is 2.35. The van der Waals surface area contributed by atoms with Gasteiger partial charge in [-0.15, -0.1) is 0 Å². The number of para-hydroxylation sites is 1. The Morgan fingerprint density at radius 1 is 1.16 bits per heavy atom. The number of benzene rings is 2. The van der Waals surface area contributed by atoms with Gasteiger partial charge in [-0.3, -0.25) is 9.78 Å². The first-order valence-electron chi connectivity index (χ1n) is 13.7. The lowest BCUT2D eigenvalue weighted by Gasteiger charge is -2.39. The van der Waals surface area contributed by atoms with Crippen LogP contribution in [0.5, 0.6) is 0 Å². The van der Waals surface area contributed by atoms with Crippen LogP contribution in [0.3, 0.4) is 0 Å². The Bertz CT molecular complexity index is 1280. The van der Waals surface area contributed by atoms with E-state index in [0.29, 0.717) is 19.4 Å². The van der Waals surface area contributed by atoms with Gasteiger partial charge in [0.15, 0.2) is 5.79 Å². The quantitative estimate of drug-likeness (QED) is 0.300. The molecule has 1 aliphatic rings. The standard InChI is InChI=1S/C32H39FN2O3/c1-6-7-18-34-29(36)20-25-19-24(37-32(4,5)38-25)16-17-27-30(22-12-14-23(33)15-13-22)26-10-8-9-11-28(26)35-31(27)21(2)3/h8-17,21,24-25H,6-7,18-20H2,1-5H3,(H,34,36)/b17-16+/t24-,25-/m1/s1. The molecule has 0 saturated carbocycles. The Kier molecular flexibility index (Phi) is 8.95. The first-order chi connectivity index (χ1) is 18.2. The summed E-state index contributed by atoms with van der Waals surface area (Å²) >= 11 is 0. The molecule has 3 aromatic rings. The predicted molar refractivity (Wildman–Crippen MR) is 151 cm³/mol. The maximum absolute atomic E-state index is 13.8. The topological polar surface area (TPSA) is 60.5 Å². The molecular weight excluding hydrogens is 479 g/mol. The van der Waals surface area contributed by atoms with E-state index in [9.17, 15) is 9.18 Å². The van der Waals surface area contributed by atoms with Crippen molar-refractivity contribution in [3.63, 3.8) is 0 Å². The third-order valence-corrected chi connectivity index (χ3v) is 6.76. The molecule has 0 bridgehead atoms. The summed E-state index contributed by atoms with van der Waals surface area (Å²) in [4.78, 5) is 17.5. The molecular formula is C32H39FN2O3. The summed E-state index contributed by atoms with van der Waals surface area (Å²) in [5.74, 6) is -0.909. The Hall–Kier alpha value is -3.09. The second-order valence-corrected chi connectivity index (χ2v) is 10.8. The maximum atomic E-state index is 13.8. The number of carbonyl (C=O) groups is 1. The van der Waals surface area contributed by atoms with Gasteiger partial charge in [-0.1, -0.05) is 69.7 Å². The lowest BCUT2D eigenvalue weighted by molar-refractivity contribution is -0.289. The Morgan fingerprint density at radius 2 is 1.89 bits per heavy atom. The molecule has 38 heavy (non-hydrogen) atoms. The third-order valence-electron chi connectivity index (χ3n) is 6.76. The van der Waals surface area contributed by atoms with Crippen LogP contribution >= 0.6 is 0 Å². The number of unbranched alkanes of at least 4 members (excludes halogenated alkanes) is 1. The van der Waals surface area contributed by atoms with Crippen LogP contribution in [0.2, 0.25) is 0 Å². The summed E-state index contributed by atoms with van der Waals surface area (Å²) in [5, 5.41) is 4.00. The van der Waals surface area contributed by atoms with E-state index >= 15 is 0 Å². The first-order valence-corrected chi connectivity index (χ1v) is 13.7. The molecule has 5 nitrogen and oxygen atoms in total. The van der Waals surface area contributed by atoms with E-state index in [1.165, 1.54) is 12.1 Å². The van der Waals surface area contributed by atoms with Gasteiger partial charge in [-0.25, -0.2) is 4.39 Å². The molecule has 202 valence electrons. The van der Waals surface area contributed by atoms with Gasteiger partial charge >= 0.3 is 0 Å². The van der Waals surface area contributed by atoms with Gasteiger partial charge in [-0.2, -0.15) is 0 Å². The van der Waals surface area contributed by atoms with Crippen molar-refractivity contribution < 1.29 is 18.7 Å². The van der Waals surface area contributed by atoms with Crippen molar-refractivity contribution in [2.45, 2.75) is 84.2 Å². The second kappa shape index (κ2) is 12.2. The number of rotatable bonds is 9. The minimum Gasteiger partial charge on any atom is -0.356 e. The number of halogens is 1. The summed E-state index contributed by atoms with van der Waals surface area (Å²) < 4.78 is 26.2. The highest BCUT2D eigenvalue weighted by molar-refractivity contribution is 5.99. The van der Waals surface area contributed by atoms with Gasteiger partial charge in [0.2, 0.25) is 5.91 Å². The number of aromatic nitrogens is 1. The van der Waals surface area contributed by atoms with E-state index < -0.39 is 5.79 Å². The van der Waals surface area contributed by atoms with Gasteiger partial charge in [0.25, 0.3) is 0 Å². The van der Waals surface area contributed by atoms with Crippen LogP contribution in [-0.2, 0) is 14.3 Å². The number of pyridine rings is 1. The highest BCUT2D eigenvalue weighted by Crippen LogP contribution is 2.37. The number of nitrogens with zero attached hydrogens (tertiary/aromatic N) is 1. The van der Waals surface area contributed by atoms with E-state index in [2.05, 4.69) is 44.3 Å². The van der Waals surface area contributed by atoms with E-state index in [1.807, 2.05) is 44.2 Å². The monoisotopic (exact) mass is 518 g/mol. The van der Waals surface area contributed by atoms with Crippen LogP contribution in [0.15, 0.2) is 54.6 Å². The lowest BCUT2D eigenvalue weighted by Crippen LogP contribution is -2.45. The molecule has 2 atom stereocenters. The third kappa shape index (κ3) is 6.86. The average Bonchev–Trinajstić information content (AvgIpc) is 2.86. The molecule has 1 fully saturated rings.